The number of nitrogens with one attached hydrogen (secondary N) is 1. The Morgan fingerprint density at radius 1 is 0.906 bits per heavy atom. The van der Waals surface area contributed by atoms with Crippen LogP contribution in [0.15, 0.2) is 60.7 Å². The summed E-state index contributed by atoms with van der Waals surface area (Å²) in [5, 5.41) is 12.6. The predicted molar refractivity (Wildman–Crippen MR) is 125 cm³/mol. The predicted octanol–water partition coefficient (Wildman–Crippen LogP) is 6.18. The molecule has 1 aliphatic rings. The molecule has 0 saturated heterocycles. The average molecular weight is 491 g/mol. The van der Waals surface area contributed by atoms with Crippen molar-refractivity contribution in [2.24, 2.45) is 0 Å². The summed E-state index contributed by atoms with van der Waals surface area (Å²) >= 11 is 18.3. The second kappa shape index (κ2) is 9.41. The summed E-state index contributed by atoms with van der Waals surface area (Å²) < 4.78 is 5.44. The number of ether oxygens (including phenoxy) is 1. The molecule has 0 saturated carbocycles. The van der Waals surface area contributed by atoms with Gasteiger partial charge < -0.3 is 15.2 Å². The Bertz CT molecular complexity index is 1150. The Morgan fingerprint density at radius 3 is 2.06 bits per heavy atom. The van der Waals surface area contributed by atoms with Crippen molar-refractivity contribution in [1.29, 1.82) is 0 Å². The number of carbonyl (C=O) groups is 2. The molecule has 4 rings (SSSR count). The first kappa shape index (κ1) is 22.5. The number of hydrogen-bond acceptors (Lipinski definition) is 3. The maximum absolute atomic E-state index is 12.5. The molecule has 1 unspecified atom stereocenters. The monoisotopic (exact) mass is 489 g/mol. The van der Waals surface area contributed by atoms with Gasteiger partial charge >= 0.3 is 12.1 Å². The topological polar surface area (TPSA) is 75.6 Å². The number of halogens is 3. The minimum atomic E-state index is -1.29. The summed E-state index contributed by atoms with van der Waals surface area (Å²) in [6.45, 7) is 0.0743. The van der Waals surface area contributed by atoms with Crippen molar-refractivity contribution in [2.75, 3.05) is 6.61 Å². The van der Waals surface area contributed by atoms with Crippen molar-refractivity contribution in [3.63, 3.8) is 0 Å². The minimum Gasteiger partial charge on any atom is -0.480 e. The lowest BCUT2D eigenvalue weighted by Gasteiger charge is -2.18. The molecule has 0 bridgehead atoms. The first-order chi connectivity index (χ1) is 15.4. The lowest BCUT2D eigenvalue weighted by atomic mass is 9.98. The molecular weight excluding hydrogens is 473 g/mol. The normalized spacial score (nSPS) is 13.2. The third-order valence-corrected chi connectivity index (χ3v) is 6.68. The third-order valence-electron chi connectivity index (χ3n) is 5.48. The molecular formula is C24H18Cl3NO4. The van der Waals surface area contributed by atoms with Gasteiger partial charge in [0, 0.05) is 17.4 Å². The molecule has 0 radical (unpaired) electrons. The zero-order chi connectivity index (χ0) is 22.8. The number of aliphatic carboxylic acids is 1. The minimum absolute atomic E-state index is 0.0743. The molecule has 1 amide bonds. The molecule has 0 aliphatic heterocycles. The second-order valence-electron chi connectivity index (χ2n) is 7.39. The summed E-state index contributed by atoms with van der Waals surface area (Å²) in [6.07, 6.45) is -0.980. The Morgan fingerprint density at radius 2 is 1.47 bits per heavy atom. The van der Waals surface area contributed by atoms with Crippen LogP contribution in [-0.2, 0) is 16.0 Å². The molecule has 0 heterocycles. The third kappa shape index (κ3) is 4.42. The van der Waals surface area contributed by atoms with Gasteiger partial charge in [0.15, 0.2) is 0 Å². The molecule has 8 heteroatoms. The summed E-state index contributed by atoms with van der Waals surface area (Å²) in [7, 11) is 0. The number of rotatable bonds is 6. The Kier molecular flexibility index (Phi) is 6.60. The van der Waals surface area contributed by atoms with E-state index >= 15 is 0 Å². The van der Waals surface area contributed by atoms with Crippen LogP contribution in [0.2, 0.25) is 15.1 Å². The van der Waals surface area contributed by atoms with E-state index in [-0.39, 0.29) is 34.0 Å². The van der Waals surface area contributed by atoms with E-state index in [0.29, 0.717) is 5.56 Å². The van der Waals surface area contributed by atoms with Gasteiger partial charge in [0.25, 0.3) is 0 Å². The van der Waals surface area contributed by atoms with Crippen LogP contribution in [0.4, 0.5) is 4.79 Å². The van der Waals surface area contributed by atoms with E-state index < -0.39 is 18.1 Å². The number of fused-ring (bicyclic) bond motifs is 3. The highest BCUT2D eigenvalue weighted by Gasteiger charge is 2.30. The quantitative estimate of drug-likeness (QED) is 0.405. The fourth-order valence-corrected chi connectivity index (χ4v) is 4.64. The maximum atomic E-state index is 12.5. The molecule has 0 spiro atoms. The molecule has 0 aromatic heterocycles. The number of hydrogen-bond donors (Lipinski definition) is 2. The molecule has 164 valence electrons. The van der Waals surface area contributed by atoms with E-state index in [4.69, 9.17) is 39.5 Å². The fraction of sp³-hybridized carbons (Fsp3) is 0.167. The van der Waals surface area contributed by atoms with Gasteiger partial charge in [-0.1, -0.05) is 83.3 Å². The zero-order valence-electron chi connectivity index (χ0n) is 16.6. The van der Waals surface area contributed by atoms with Crippen LogP contribution < -0.4 is 5.32 Å². The zero-order valence-corrected chi connectivity index (χ0v) is 18.9. The highest BCUT2D eigenvalue weighted by atomic mass is 35.5. The van der Waals surface area contributed by atoms with E-state index in [2.05, 4.69) is 5.32 Å². The van der Waals surface area contributed by atoms with Gasteiger partial charge in [0.1, 0.15) is 12.6 Å². The maximum Gasteiger partial charge on any atom is 0.407 e. The molecule has 0 fully saturated rings. The van der Waals surface area contributed by atoms with Gasteiger partial charge in [-0.05, 0) is 39.9 Å². The van der Waals surface area contributed by atoms with E-state index in [1.165, 1.54) is 12.1 Å². The molecule has 5 nitrogen and oxygen atoms in total. The van der Waals surface area contributed by atoms with Crippen molar-refractivity contribution in [3.8, 4) is 11.1 Å². The fourth-order valence-electron chi connectivity index (χ4n) is 3.94. The van der Waals surface area contributed by atoms with Crippen LogP contribution in [0.25, 0.3) is 11.1 Å². The SMILES string of the molecule is O=C(NC(Cc1c(Cl)ccc(Cl)c1Cl)C(=O)O)OCC1c2ccccc2-c2ccccc21. The van der Waals surface area contributed by atoms with Gasteiger partial charge in [0.05, 0.1) is 10.0 Å². The lowest BCUT2D eigenvalue weighted by Crippen LogP contribution is -2.43. The standard InChI is InChI=1S/C24H18Cl3NO4/c25-19-9-10-20(26)22(27)17(19)11-21(23(29)30)28-24(31)32-12-18-15-7-3-1-5-13(15)14-6-2-4-8-16(14)18/h1-10,18,21H,11-12H2,(H,28,31)(H,29,30). The van der Waals surface area contributed by atoms with Gasteiger partial charge in [-0.15, -0.1) is 0 Å². The Hall–Kier alpha value is -2.73. The molecule has 3 aromatic carbocycles. The number of amides is 1. The summed E-state index contributed by atoms with van der Waals surface area (Å²) in [4.78, 5) is 24.2. The van der Waals surface area contributed by atoms with Gasteiger partial charge in [-0.3, -0.25) is 0 Å². The van der Waals surface area contributed by atoms with Crippen LogP contribution in [0.3, 0.4) is 0 Å². The van der Waals surface area contributed by atoms with Crippen LogP contribution >= 0.6 is 34.8 Å². The van der Waals surface area contributed by atoms with Crippen molar-refractivity contribution >= 4 is 46.9 Å². The first-order valence-corrected chi connectivity index (χ1v) is 11.0. The number of alkyl carbamates (subject to hydrolysis) is 1. The highest BCUT2D eigenvalue weighted by Crippen LogP contribution is 2.44. The van der Waals surface area contributed by atoms with Crippen molar-refractivity contribution in [1.82, 2.24) is 5.32 Å². The van der Waals surface area contributed by atoms with Gasteiger partial charge in [-0.2, -0.15) is 0 Å². The molecule has 32 heavy (non-hydrogen) atoms. The van der Waals surface area contributed by atoms with Gasteiger partial charge in [0.2, 0.25) is 0 Å². The van der Waals surface area contributed by atoms with E-state index in [0.717, 1.165) is 22.3 Å². The average Bonchev–Trinajstić information content (AvgIpc) is 3.11. The smallest absolute Gasteiger partial charge is 0.407 e. The van der Waals surface area contributed by atoms with Crippen molar-refractivity contribution in [3.05, 3.63) is 92.4 Å². The first-order valence-electron chi connectivity index (χ1n) is 9.83. The number of carboxylic acids is 1. The molecule has 2 N–H and O–H groups in total. The van der Waals surface area contributed by atoms with Crippen LogP contribution in [0.1, 0.15) is 22.6 Å². The number of carboxylic acid groups (broad SMARTS) is 1. The van der Waals surface area contributed by atoms with E-state index in [1.807, 2.05) is 48.5 Å². The summed E-state index contributed by atoms with van der Waals surface area (Å²) in [6, 6.07) is 17.6. The molecule has 1 aliphatic carbocycles. The lowest BCUT2D eigenvalue weighted by molar-refractivity contribution is -0.139. The van der Waals surface area contributed by atoms with Crippen molar-refractivity contribution < 1.29 is 19.4 Å². The molecule has 3 aromatic rings. The van der Waals surface area contributed by atoms with E-state index in [9.17, 15) is 14.7 Å². The van der Waals surface area contributed by atoms with E-state index in [1.54, 1.807) is 0 Å². The Balaban J connectivity index is 1.46. The summed E-state index contributed by atoms with van der Waals surface area (Å²) in [5.74, 6) is -1.38. The largest absolute Gasteiger partial charge is 0.480 e. The Labute approximate surface area is 199 Å². The van der Waals surface area contributed by atoms with Gasteiger partial charge in [-0.25, -0.2) is 9.59 Å². The number of carbonyl (C=O) groups excluding carboxylic acids is 1. The van der Waals surface area contributed by atoms with Crippen molar-refractivity contribution in [2.45, 2.75) is 18.4 Å². The molecule has 1 atom stereocenters. The van der Waals surface area contributed by atoms with Crippen LogP contribution in [-0.4, -0.2) is 29.8 Å². The summed E-state index contributed by atoms with van der Waals surface area (Å²) in [5.41, 5.74) is 4.67. The van der Waals surface area contributed by atoms with Crippen LogP contribution in [0.5, 0.6) is 0 Å². The number of benzene rings is 3. The highest BCUT2D eigenvalue weighted by molar-refractivity contribution is 6.44. The van der Waals surface area contributed by atoms with Crippen LogP contribution in [0, 0.1) is 0 Å². The second-order valence-corrected chi connectivity index (χ2v) is 8.58.